The minimum atomic E-state index is -0.319. The normalized spacial score (nSPS) is 12.1. The largest absolute Gasteiger partial charge is 0.350 e. The maximum absolute atomic E-state index is 11.5. The molecule has 1 rings (SSSR count). The van der Waals surface area contributed by atoms with E-state index in [0.717, 1.165) is 5.33 Å². The fraction of sp³-hybridized carbons (Fsp3) is 0.444. The molecule has 0 aliphatic rings. The van der Waals surface area contributed by atoms with Crippen LogP contribution in [0.25, 0.3) is 0 Å². The van der Waals surface area contributed by atoms with Gasteiger partial charge in [-0.2, -0.15) is 5.10 Å². The third-order valence-corrected chi connectivity index (χ3v) is 2.89. The number of nitrogens with one attached hydrogen (secondary N) is 2. The Balaban J connectivity index is 2.54. The van der Waals surface area contributed by atoms with Crippen LogP contribution in [0.1, 0.15) is 17.4 Å². The Morgan fingerprint density at radius 2 is 2.40 bits per heavy atom. The van der Waals surface area contributed by atoms with Crippen molar-refractivity contribution in [3.8, 4) is 0 Å². The van der Waals surface area contributed by atoms with Crippen LogP contribution in [0.4, 0.5) is 0 Å². The van der Waals surface area contributed by atoms with E-state index in [1.54, 1.807) is 0 Å². The van der Waals surface area contributed by atoms with E-state index in [-0.39, 0.29) is 17.2 Å². The highest BCUT2D eigenvalue weighted by atomic mass is 79.9. The van der Waals surface area contributed by atoms with Crippen LogP contribution in [0.2, 0.25) is 0 Å². The number of amides is 1. The van der Waals surface area contributed by atoms with E-state index in [1.807, 2.05) is 6.92 Å². The molecule has 0 saturated heterocycles. The van der Waals surface area contributed by atoms with Crippen molar-refractivity contribution in [2.24, 2.45) is 5.92 Å². The number of alkyl halides is 1. The average Bonchev–Trinajstić information content (AvgIpc) is 2.26. The summed E-state index contributed by atoms with van der Waals surface area (Å²) in [4.78, 5) is 22.2. The molecule has 0 saturated carbocycles. The first kappa shape index (κ1) is 11.9. The van der Waals surface area contributed by atoms with Gasteiger partial charge in [0.25, 0.3) is 11.5 Å². The first-order valence-electron chi connectivity index (χ1n) is 4.53. The zero-order chi connectivity index (χ0) is 11.3. The van der Waals surface area contributed by atoms with Gasteiger partial charge >= 0.3 is 0 Å². The van der Waals surface area contributed by atoms with E-state index in [4.69, 9.17) is 0 Å². The zero-order valence-corrected chi connectivity index (χ0v) is 9.87. The lowest BCUT2D eigenvalue weighted by Gasteiger charge is -2.08. The number of aromatic nitrogens is 2. The van der Waals surface area contributed by atoms with Crippen molar-refractivity contribution >= 4 is 21.8 Å². The van der Waals surface area contributed by atoms with Gasteiger partial charge in [-0.05, 0) is 12.0 Å². The summed E-state index contributed by atoms with van der Waals surface area (Å²) in [6.07, 6.45) is 0. The fourth-order valence-corrected chi connectivity index (χ4v) is 1.11. The topological polar surface area (TPSA) is 74.8 Å². The Kier molecular flexibility index (Phi) is 4.48. The van der Waals surface area contributed by atoms with E-state index >= 15 is 0 Å². The van der Waals surface area contributed by atoms with Gasteiger partial charge in [-0.15, -0.1) is 0 Å². The van der Waals surface area contributed by atoms with Crippen molar-refractivity contribution in [1.29, 1.82) is 0 Å². The quantitative estimate of drug-likeness (QED) is 0.786. The highest BCUT2D eigenvalue weighted by Gasteiger charge is 2.08. The lowest BCUT2D eigenvalue weighted by molar-refractivity contribution is 0.0943. The van der Waals surface area contributed by atoms with Crippen molar-refractivity contribution in [2.45, 2.75) is 6.92 Å². The van der Waals surface area contributed by atoms with E-state index in [2.05, 4.69) is 31.4 Å². The fourth-order valence-electron chi connectivity index (χ4n) is 0.883. The van der Waals surface area contributed by atoms with Crippen molar-refractivity contribution in [3.63, 3.8) is 0 Å². The van der Waals surface area contributed by atoms with Gasteiger partial charge in [0.05, 0.1) is 0 Å². The number of H-pyrrole nitrogens is 1. The Hall–Kier alpha value is -1.17. The van der Waals surface area contributed by atoms with Crippen LogP contribution in [-0.2, 0) is 0 Å². The number of hydrogen-bond acceptors (Lipinski definition) is 3. The van der Waals surface area contributed by atoms with Gasteiger partial charge in [0, 0.05) is 17.9 Å². The second-order valence-electron chi connectivity index (χ2n) is 3.28. The highest BCUT2D eigenvalue weighted by molar-refractivity contribution is 9.09. The molecule has 0 fully saturated rings. The molecular weight excluding hydrogens is 262 g/mol. The Bertz CT molecular complexity index is 371. The Morgan fingerprint density at radius 1 is 1.67 bits per heavy atom. The molecule has 1 atom stereocenters. The van der Waals surface area contributed by atoms with Crippen molar-refractivity contribution in [3.05, 3.63) is 28.2 Å². The first-order valence-corrected chi connectivity index (χ1v) is 5.65. The molecule has 0 aliphatic heterocycles. The van der Waals surface area contributed by atoms with Crippen LogP contribution in [0.15, 0.2) is 16.9 Å². The molecular formula is C9H12BrN3O2. The third-order valence-electron chi connectivity index (χ3n) is 1.79. The second kappa shape index (κ2) is 5.65. The van der Waals surface area contributed by atoms with E-state index in [0.29, 0.717) is 12.5 Å². The Morgan fingerprint density at radius 3 is 2.93 bits per heavy atom. The summed E-state index contributed by atoms with van der Waals surface area (Å²) in [6.45, 7) is 2.58. The number of rotatable bonds is 4. The monoisotopic (exact) mass is 273 g/mol. The SMILES string of the molecule is CC(CBr)CNC(=O)c1ccc(=O)[nH]n1. The number of carbonyl (C=O) groups excluding carboxylic acids is 1. The van der Waals surface area contributed by atoms with Crippen LogP contribution in [-0.4, -0.2) is 28.0 Å². The van der Waals surface area contributed by atoms with Gasteiger partial charge < -0.3 is 5.32 Å². The maximum Gasteiger partial charge on any atom is 0.271 e. The molecule has 2 N–H and O–H groups in total. The molecule has 0 radical (unpaired) electrons. The summed E-state index contributed by atoms with van der Waals surface area (Å²) in [5, 5.41) is 9.37. The van der Waals surface area contributed by atoms with Gasteiger partial charge in [0.15, 0.2) is 0 Å². The summed E-state index contributed by atoms with van der Waals surface area (Å²) in [5.74, 6) is 0.0794. The highest BCUT2D eigenvalue weighted by Crippen LogP contribution is 1.98. The predicted octanol–water partition coefficient (Wildman–Crippen LogP) is 0.531. The van der Waals surface area contributed by atoms with Crippen LogP contribution in [0.3, 0.4) is 0 Å². The summed E-state index contributed by atoms with van der Waals surface area (Å²) < 4.78 is 0. The lowest BCUT2D eigenvalue weighted by atomic mass is 10.2. The van der Waals surface area contributed by atoms with Crippen LogP contribution >= 0.6 is 15.9 Å². The number of aromatic amines is 1. The van der Waals surface area contributed by atoms with Gasteiger partial charge in [-0.25, -0.2) is 5.10 Å². The molecule has 1 unspecified atom stereocenters. The number of carbonyl (C=O) groups is 1. The van der Waals surface area contributed by atoms with Crippen molar-refractivity contribution in [2.75, 3.05) is 11.9 Å². The molecule has 1 heterocycles. The summed E-state index contributed by atoms with van der Waals surface area (Å²) >= 11 is 3.32. The predicted molar refractivity (Wildman–Crippen MR) is 60.1 cm³/mol. The van der Waals surface area contributed by atoms with E-state index in [1.165, 1.54) is 12.1 Å². The van der Waals surface area contributed by atoms with Gasteiger partial charge in [0.2, 0.25) is 0 Å². The molecule has 15 heavy (non-hydrogen) atoms. The zero-order valence-electron chi connectivity index (χ0n) is 8.29. The average molecular weight is 274 g/mol. The second-order valence-corrected chi connectivity index (χ2v) is 3.92. The molecule has 82 valence electrons. The van der Waals surface area contributed by atoms with Crippen LogP contribution in [0.5, 0.6) is 0 Å². The van der Waals surface area contributed by atoms with E-state index < -0.39 is 0 Å². The number of halogens is 1. The summed E-state index contributed by atoms with van der Waals surface area (Å²) in [5.41, 5.74) is -0.100. The standard InChI is InChI=1S/C9H12BrN3O2/c1-6(4-10)5-11-9(15)7-2-3-8(14)13-12-7/h2-3,6H,4-5H2,1H3,(H,11,15)(H,13,14). The Labute approximate surface area is 95.4 Å². The molecule has 1 amide bonds. The molecule has 1 aromatic rings. The molecule has 0 aromatic carbocycles. The number of nitrogens with zero attached hydrogens (tertiary/aromatic N) is 1. The van der Waals surface area contributed by atoms with Crippen LogP contribution < -0.4 is 10.9 Å². The molecule has 5 nitrogen and oxygen atoms in total. The molecule has 1 aromatic heterocycles. The summed E-state index contributed by atoms with van der Waals surface area (Å²) in [7, 11) is 0. The van der Waals surface area contributed by atoms with Crippen molar-refractivity contribution < 1.29 is 4.79 Å². The smallest absolute Gasteiger partial charge is 0.271 e. The van der Waals surface area contributed by atoms with Gasteiger partial charge in [0.1, 0.15) is 5.69 Å². The third kappa shape index (κ3) is 3.83. The lowest BCUT2D eigenvalue weighted by Crippen LogP contribution is -2.30. The van der Waals surface area contributed by atoms with E-state index in [9.17, 15) is 9.59 Å². The molecule has 6 heteroatoms. The maximum atomic E-state index is 11.5. The van der Waals surface area contributed by atoms with Gasteiger partial charge in [-0.1, -0.05) is 22.9 Å². The molecule has 0 spiro atoms. The number of hydrogen-bond donors (Lipinski definition) is 2. The van der Waals surface area contributed by atoms with Crippen LogP contribution in [0, 0.1) is 5.92 Å². The minimum Gasteiger partial charge on any atom is -0.350 e. The van der Waals surface area contributed by atoms with Crippen molar-refractivity contribution in [1.82, 2.24) is 15.5 Å². The minimum absolute atomic E-state index is 0.219. The molecule has 0 bridgehead atoms. The van der Waals surface area contributed by atoms with Gasteiger partial charge in [-0.3, -0.25) is 9.59 Å². The first-order chi connectivity index (χ1) is 7.13. The molecule has 0 aliphatic carbocycles. The summed E-state index contributed by atoms with van der Waals surface area (Å²) in [6, 6.07) is 2.67.